The van der Waals surface area contributed by atoms with Gasteiger partial charge in [0.05, 0.1) is 12.0 Å². The van der Waals surface area contributed by atoms with E-state index in [1.54, 1.807) is 0 Å². The molecule has 1 atom stereocenters. The third-order valence-electron chi connectivity index (χ3n) is 1.98. The highest BCUT2D eigenvalue weighted by atomic mass is 19.1. The molecule has 1 unspecified atom stereocenters. The Morgan fingerprint density at radius 3 is 2.20 bits per heavy atom. The molecule has 0 heterocycles. The van der Waals surface area contributed by atoms with Crippen molar-refractivity contribution < 1.29 is 23.8 Å². The lowest BCUT2D eigenvalue weighted by Gasteiger charge is -2.21. The molecular formula is C10H10F2O3. The molecule has 82 valence electrons. The standard InChI is InChI=1S/C10H10F2O3/c1-10(15,5-9(13)14)6-2-7(11)4-8(12)3-6/h2-4,15H,5H2,1H3,(H,13,14). The van der Waals surface area contributed by atoms with Gasteiger partial charge in [0.1, 0.15) is 11.6 Å². The highest BCUT2D eigenvalue weighted by molar-refractivity contribution is 5.68. The van der Waals surface area contributed by atoms with E-state index < -0.39 is 29.6 Å². The zero-order valence-corrected chi connectivity index (χ0v) is 8.00. The van der Waals surface area contributed by atoms with Crippen LogP contribution in [0.25, 0.3) is 0 Å². The summed E-state index contributed by atoms with van der Waals surface area (Å²) in [6, 6.07) is 2.47. The third-order valence-corrected chi connectivity index (χ3v) is 1.98. The maximum absolute atomic E-state index is 12.8. The van der Waals surface area contributed by atoms with E-state index in [9.17, 15) is 18.7 Å². The largest absolute Gasteiger partial charge is 0.481 e. The molecule has 3 nitrogen and oxygen atoms in total. The number of benzene rings is 1. The first kappa shape index (κ1) is 11.6. The monoisotopic (exact) mass is 216 g/mol. The van der Waals surface area contributed by atoms with Crippen molar-refractivity contribution in [1.82, 2.24) is 0 Å². The van der Waals surface area contributed by atoms with Crippen LogP contribution in [-0.2, 0) is 10.4 Å². The molecule has 0 amide bonds. The summed E-state index contributed by atoms with van der Waals surface area (Å²) in [6.07, 6.45) is -0.615. The second-order valence-corrected chi connectivity index (χ2v) is 3.50. The van der Waals surface area contributed by atoms with E-state index in [0.717, 1.165) is 12.1 Å². The Bertz CT molecular complexity index is 368. The lowest BCUT2D eigenvalue weighted by molar-refractivity contribution is -0.142. The molecule has 5 heteroatoms. The van der Waals surface area contributed by atoms with Crippen LogP contribution in [0.5, 0.6) is 0 Å². The van der Waals surface area contributed by atoms with Crippen molar-refractivity contribution in [3.05, 3.63) is 35.4 Å². The number of carboxylic acid groups (broad SMARTS) is 1. The highest BCUT2D eigenvalue weighted by Crippen LogP contribution is 2.25. The second-order valence-electron chi connectivity index (χ2n) is 3.50. The van der Waals surface area contributed by atoms with Gasteiger partial charge in [0, 0.05) is 6.07 Å². The molecule has 0 spiro atoms. The fourth-order valence-corrected chi connectivity index (χ4v) is 1.26. The Hall–Kier alpha value is -1.49. The summed E-state index contributed by atoms with van der Waals surface area (Å²) in [5.41, 5.74) is -1.88. The van der Waals surface area contributed by atoms with Gasteiger partial charge in [0.25, 0.3) is 0 Å². The molecule has 1 aromatic rings. The molecule has 0 fully saturated rings. The van der Waals surface area contributed by atoms with Crippen LogP contribution in [0, 0.1) is 11.6 Å². The normalized spacial score (nSPS) is 14.7. The number of rotatable bonds is 3. The van der Waals surface area contributed by atoms with E-state index in [1.807, 2.05) is 0 Å². The molecular weight excluding hydrogens is 206 g/mol. The van der Waals surface area contributed by atoms with Crippen molar-refractivity contribution in [1.29, 1.82) is 0 Å². The zero-order valence-electron chi connectivity index (χ0n) is 8.00. The van der Waals surface area contributed by atoms with Gasteiger partial charge in [0.2, 0.25) is 0 Å². The quantitative estimate of drug-likeness (QED) is 0.807. The van der Waals surface area contributed by atoms with Crippen LogP contribution in [0.1, 0.15) is 18.9 Å². The molecule has 0 aliphatic rings. The van der Waals surface area contributed by atoms with Gasteiger partial charge in [-0.1, -0.05) is 0 Å². The van der Waals surface area contributed by atoms with Gasteiger partial charge in [-0.05, 0) is 24.6 Å². The summed E-state index contributed by atoms with van der Waals surface area (Å²) in [5.74, 6) is -2.95. The van der Waals surface area contributed by atoms with Gasteiger partial charge < -0.3 is 10.2 Å². The van der Waals surface area contributed by atoms with Crippen molar-refractivity contribution in [3.8, 4) is 0 Å². The SMILES string of the molecule is CC(O)(CC(=O)O)c1cc(F)cc(F)c1. The summed E-state index contributed by atoms with van der Waals surface area (Å²) < 4.78 is 25.6. The van der Waals surface area contributed by atoms with E-state index in [0.29, 0.717) is 6.07 Å². The van der Waals surface area contributed by atoms with Crippen molar-refractivity contribution in [2.75, 3.05) is 0 Å². The van der Waals surface area contributed by atoms with E-state index in [4.69, 9.17) is 5.11 Å². The van der Waals surface area contributed by atoms with E-state index >= 15 is 0 Å². The number of carboxylic acids is 1. The molecule has 0 bridgehead atoms. The Morgan fingerprint density at radius 2 is 1.80 bits per heavy atom. The van der Waals surface area contributed by atoms with Crippen molar-refractivity contribution >= 4 is 5.97 Å². The predicted molar refractivity (Wildman–Crippen MR) is 48.2 cm³/mol. The minimum atomic E-state index is -1.78. The van der Waals surface area contributed by atoms with E-state index in [2.05, 4.69) is 0 Å². The van der Waals surface area contributed by atoms with Crippen molar-refractivity contribution in [2.45, 2.75) is 18.9 Å². The zero-order chi connectivity index (χ0) is 11.6. The first-order chi connectivity index (χ1) is 6.81. The van der Waals surface area contributed by atoms with Crippen molar-refractivity contribution in [3.63, 3.8) is 0 Å². The fraction of sp³-hybridized carbons (Fsp3) is 0.300. The van der Waals surface area contributed by atoms with Gasteiger partial charge in [-0.15, -0.1) is 0 Å². The first-order valence-corrected chi connectivity index (χ1v) is 4.22. The molecule has 0 saturated heterocycles. The molecule has 0 radical (unpaired) electrons. The van der Waals surface area contributed by atoms with Crippen LogP contribution >= 0.6 is 0 Å². The van der Waals surface area contributed by atoms with Crippen LogP contribution in [0.4, 0.5) is 8.78 Å². The number of hydrogen-bond acceptors (Lipinski definition) is 2. The van der Waals surface area contributed by atoms with Crippen LogP contribution < -0.4 is 0 Å². The minimum absolute atomic E-state index is 0.0950. The molecule has 0 aromatic heterocycles. The molecule has 2 N–H and O–H groups in total. The fourth-order valence-electron chi connectivity index (χ4n) is 1.26. The maximum atomic E-state index is 12.8. The molecule has 1 aromatic carbocycles. The summed E-state index contributed by atoms with van der Waals surface area (Å²) in [7, 11) is 0. The Balaban J connectivity index is 3.08. The lowest BCUT2D eigenvalue weighted by Crippen LogP contribution is -2.25. The summed E-state index contributed by atoms with van der Waals surface area (Å²) in [5, 5.41) is 18.2. The molecule has 0 aliphatic heterocycles. The summed E-state index contributed by atoms with van der Waals surface area (Å²) in [4.78, 5) is 10.4. The minimum Gasteiger partial charge on any atom is -0.481 e. The van der Waals surface area contributed by atoms with Crippen LogP contribution in [0.15, 0.2) is 18.2 Å². The number of hydrogen-bond donors (Lipinski definition) is 2. The predicted octanol–water partition coefficient (Wildman–Crippen LogP) is 1.65. The number of halogens is 2. The number of aliphatic hydroxyl groups is 1. The highest BCUT2D eigenvalue weighted by Gasteiger charge is 2.27. The average Bonchev–Trinajstić information content (AvgIpc) is 1.99. The van der Waals surface area contributed by atoms with Crippen molar-refractivity contribution in [2.24, 2.45) is 0 Å². The smallest absolute Gasteiger partial charge is 0.306 e. The Morgan fingerprint density at radius 1 is 1.33 bits per heavy atom. The summed E-state index contributed by atoms with van der Waals surface area (Å²) >= 11 is 0. The van der Waals surface area contributed by atoms with Crippen LogP contribution in [0.2, 0.25) is 0 Å². The number of aliphatic carboxylic acids is 1. The lowest BCUT2D eigenvalue weighted by atomic mass is 9.92. The average molecular weight is 216 g/mol. The molecule has 15 heavy (non-hydrogen) atoms. The topological polar surface area (TPSA) is 57.5 Å². The van der Waals surface area contributed by atoms with Gasteiger partial charge >= 0.3 is 5.97 Å². The van der Waals surface area contributed by atoms with Crippen LogP contribution in [-0.4, -0.2) is 16.2 Å². The molecule has 0 aliphatic carbocycles. The molecule has 1 rings (SSSR count). The van der Waals surface area contributed by atoms with Gasteiger partial charge in [-0.25, -0.2) is 8.78 Å². The first-order valence-electron chi connectivity index (χ1n) is 4.22. The second kappa shape index (κ2) is 3.94. The van der Waals surface area contributed by atoms with Gasteiger partial charge in [-0.3, -0.25) is 4.79 Å². The number of carbonyl (C=O) groups is 1. The molecule has 0 saturated carbocycles. The van der Waals surface area contributed by atoms with Gasteiger partial charge in [-0.2, -0.15) is 0 Å². The Labute approximate surface area is 85.0 Å². The van der Waals surface area contributed by atoms with E-state index in [1.165, 1.54) is 6.92 Å². The van der Waals surface area contributed by atoms with Gasteiger partial charge in [0.15, 0.2) is 0 Å². The van der Waals surface area contributed by atoms with E-state index in [-0.39, 0.29) is 5.56 Å². The summed E-state index contributed by atoms with van der Waals surface area (Å²) in [6.45, 7) is 1.19. The van der Waals surface area contributed by atoms with Crippen LogP contribution in [0.3, 0.4) is 0 Å². The maximum Gasteiger partial charge on any atom is 0.306 e. The Kier molecular flexibility index (Phi) is 3.04. The third kappa shape index (κ3) is 2.99.